The van der Waals surface area contributed by atoms with Gasteiger partial charge >= 0.3 is 6.36 Å². The highest BCUT2D eigenvalue weighted by Gasteiger charge is 2.34. The van der Waals surface area contributed by atoms with E-state index in [1.165, 1.54) is 17.7 Å². The average molecular weight is 400 g/mol. The van der Waals surface area contributed by atoms with Gasteiger partial charge in [-0.15, -0.1) is 13.2 Å². The maximum atomic E-state index is 14.6. The summed E-state index contributed by atoms with van der Waals surface area (Å²) >= 11 is 0. The predicted octanol–water partition coefficient (Wildman–Crippen LogP) is 6.88. The van der Waals surface area contributed by atoms with Gasteiger partial charge in [-0.2, -0.15) is 0 Å². The zero-order chi connectivity index (χ0) is 20.5. The molecule has 28 heavy (non-hydrogen) atoms. The highest BCUT2D eigenvalue weighted by Crippen LogP contribution is 2.35. The maximum Gasteiger partial charge on any atom is 0.573 e. The molecule has 1 aliphatic rings. The summed E-state index contributed by atoms with van der Waals surface area (Å²) in [7, 11) is 0. The summed E-state index contributed by atoms with van der Waals surface area (Å²) < 4.78 is 82.7. The molecule has 1 aliphatic carbocycles. The number of ether oxygens (including phenoxy) is 1. The first-order chi connectivity index (χ1) is 13.2. The quantitative estimate of drug-likeness (QED) is 0.392. The van der Waals surface area contributed by atoms with E-state index in [0.717, 1.165) is 30.4 Å². The van der Waals surface area contributed by atoms with E-state index >= 15 is 0 Å². The number of alkyl halides is 3. The fourth-order valence-corrected chi connectivity index (χ4v) is 3.33. The summed E-state index contributed by atoms with van der Waals surface area (Å²) in [6.07, 6.45) is 1.07. The monoisotopic (exact) mass is 400 g/mol. The first-order valence-corrected chi connectivity index (χ1v) is 8.92. The minimum Gasteiger partial charge on any atom is -0.399 e. The molecule has 150 valence electrons. The minimum atomic E-state index is -5.23. The van der Waals surface area contributed by atoms with Crippen molar-refractivity contribution in [2.45, 2.75) is 45.4 Å². The normalized spacial score (nSPS) is 13.9. The standard InChI is InChI=1S/C21H18F6O/c1-2-3-4-12-5-6-13-8-16(17(22)9-14(13)7-12)15-10-18(23)20(19(24)11-15)28-21(25,26)27/h5,8-11H,2-4,6-7H2,1H3. The van der Waals surface area contributed by atoms with Gasteiger partial charge in [0.15, 0.2) is 11.6 Å². The van der Waals surface area contributed by atoms with Crippen molar-refractivity contribution >= 4 is 0 Å². The van der Waals surface area contributed by atoms with E-state index in [1.54, 1.807) is 0 Å². The molecule has 3 rings (SSSR count). The number of unbranched alkanes of at least 4 members (excludes halogenated alkanes) is 1. The van der Waals surface area contributed by atoms with Crippen molar-refractivity contribution < 1.29 is 31.1 Å². The Labute approximate surface area is 158 Å². The molecular weight excluding hydrogens is 382 g/mol. The summed E-state index contributed by atoms with van der Waals surface area (Å²) in [6.45, 7) is 2.09. The van der Waals surface area contributed by atoms with Crippen LogP contribution in [0.1, 0.15) is 37.3 Å². The second kappa shape index (κ2) is 7.89. The van der Waals surface area contributed by atoms with Gasteiger partial charge in [0.05, 0.1) is 0 Å². The second-order valence-corrected chi connectivity index (χ2v) is 6.76. The highest BCUT2D eigenvalue weighted by atomic mass is 19.4. The molecule has 0 radical (unpaired) electrons. The lowest BCUT2D eigenvalue weighted by atomic mass is 9.87. The van der Waals surface area contributed by atoms with E-state index < -0.39 is 29.6 Å². The molecule has 0 aliphatic heterocycles. The van der Waals surface area contributed by atoms with Gasteiger partial charge in [0, 0.05) is 5.56 Å². The first kappa shape index (κ1) is 20.3. The number of hydrogen-bond acceptors (Lipinski definition) is 1. The third-order valence-electron chi connectivity index (χ3n) is 4.70. The van der Waals surface area contributed by atoms with Gasteiger partial charge in [-0.1, -0.05) is 25.0 Å². The summed E-state index contributed by atoms with van der Waals surface area (Å²) in [5, 5.41) is 0. The third kappa shape index (κ3) is 4.51. The van der Waals surface area contributed by atoms with Gasteiger partial charge in [0.1, 0.15) is 5.82 Å². The Hall–Kier alpha value is -2.44. The fourth-order valence-electron chi connectivity index (χ4n) is 3.33. The van der Waals surface area contributed by atoms with Crippen LogP contribution in [0.3, 0.4) is 0 Å². The van der Waals surface area contributed by atoms with Crippen LogP contribution in [0.5, 0.6) is 5.75 Å². The topological polar surface area (TPSA) is 9.23 Å². The lowest BCUT2D eigenvalue weighted by molar-refractivity contribution is -0.276. The Kier molecular flexibility index (Phi) is 5.72. The summed E-state index contributed by atoms with van der Waals surface area (Å²) in [6, 6.07) is 4.11. The smallest absolute Gasteiger partial charge is 0.399 e. The Balaban J connectivity index is 1.93. The minimum absolute atomic E-state index is 0.0690. The van der Waals surface area contributed by atoms with Crippen LogP contribution in [-0.2, 0) is 12.8 Å². The Bertz CT molecular complexity index is 891. The largest absolute Gasteiger partial charge is 0.573 e. The Morgan fingerprint density at radius 1 is 0.929 bits per heavy atom. The lowest BCUT2D eigenvalue weighted by Crippen LogP contribution is -2.19. The molecule has 7 heteroatoms. The summed E-state index contributed by atoms with van der Waals surface area (Å²) in [5.41, 5.74) is 2.61. The van der Waals surface area contributed by atoms with Crippen LogP contribution in [0.4, 0.5) is 26.3 Å². The molecule has 0 saturated carbocycles. The van der Waals surface area contributed by atoms with Crippen LogP contribution in [0.25, 0.3) is 11.1 Å². The van der Waals surface area contributed by atoms with E-state index in [0.29, 0.717) is 25.0 Å². The zero-order valence-corrected chi connectivity index (χ0v) is 15.1. The molecule has 0 spiro atoms. The van der Waals surface area contributed by atoms with Crippen LogP contribution in [0, 0.1) is 17.5 Å². The number of benzene rings is 2. The molecule has 1 nitrogen and oxygen atoms in total. The summed E-state index contributed by atoms with van der Waals surface area (Å²) in [5.74, 6) is -5.34. The van der Waals surface area contributed by atoms with E-state index in [9.17, 15) is 26.3 Å². The third-order valence-corrected chi connectivity index (χ3v) is 4.70. The molecule has 0 unspecified atom stereocenters. The average Bonchev–Trinajstić information content (AvgIpc) is 2.61. The number of halogens is 6. The maximum absolute atomic E-state index is 14.6. The van der Waals surface area contributed by atoms with Crippen molar-refractivity contribution in [2.24, 2.45) is 0 Å². The van der Waals surface area contributed by atoms with Crippen molar-refractivity contribution in [1.29, 1.82) is 0 Å². The molecule has 0 aromatic heterocycles. The van der Waals surface area contributed by atoms with Crippen LogP contribution >= 0.6 is 0 Å². The van der Waals surface area contributed by atoms with Crippen LogP contribution in [0.2, 0.25) is 0 Å². The number of allylic oxidation sites excluding steroid dienone is 2. The molecular formula is C21H18F6O. The molecule has 0 heterocycles. The van der Waals surface area contributed by atoms with Crippen molar-refractivity contribution in [3.05, 3.63) is 64.5 Å². The van der Waals surface area contributed by atoms with E-state index in [2.05, 4.69) is 17.7 Å². The van der Waals surface area contributed by atoms with Gasteiger partial charge < -0.3 is 4.74 Å². The predicted molar refractivity (Wildman–Crippen MR) is 93.5 cm³/mol. The van der Waals surface area contributed by atoms with E-state index in [1.807, 2.05) is 0 Å². The zero-order valence-electron chi connectivity index (χ0n) is 15.1. The molecule has 2 aromatic rings. The second-order valence-electron chi connectivity index (χ2n) is 6.76. The Morgan fingerprint density at radius 3 is 2.21 bits per heavy atom. The van der Waals surface area contributed by atoms with Crippen molar-refractivity contribution in [2.75, 3.05) is 0 Å². The van der Waals surface area contributed by atoms with Gasteiger partial charge in [0.2, 0.25) is 5.75 Å². The summed E-state index contributed by atoms with van der Waals surface area (Å²) in [4.78, 5) is 0. The molecule has 2 aromatic carbocycles. The van der Waals surface area contributed by atoms with Gasteiger partial charge in [-0.25, -0.2) is 13.2 Å². The van der Waals surface area contributed by atoms with Gasteiger partial charge in [-0.3, -0.25) is 0 Å². The fraction of sp³-hybridized carbons (Fsp3) is 0.333. The van der Waals surface area contributed by atoms with Crippen molar-refractivity contribution in [1.82, 2.24) is 0 Å². The van der Waals surface area contributed by atoms with E-state index in [4.69, 9.17) is 0 Å². The first-order valence-electron chi connectivity index (χ1n) is 8.92. The van der Waals surface area contributed by atoms with Gasteiger partial charge in [-0.05, 0) is 66.6 Å². The van der Waals surface area contributed by atoms with E-state index in [-0.39, 0.29) is 11.1 Å². The highest BCUT2D eigenvalue weighted by molar-refractivity contribution is 5.67. The number of rotatable bonds is 5. The van der Waals surface area contributed by atoms with Crippen molar-refractivity contribution in [3.8, 4) is 16.9 Å². The molecule has 0 N–H and O–H groups in total. The van der Waals surface area contributed by atoms with Gasteiger partial charge in [0.25, 0.3) is 0 Å². The number of hydrogen-bond donors (Lipinski definition) is 0. The SMILES string of the molecule is CCCCC1=CCc2cc(-c3cc(F)c(OC(F)(F)F)c(F)c3)c(F)cc2C1. The Morgan fingerprint density at radius 2 is 1.61 bits per heavy atom. The van der Waals surface area contributed by atoms with Crippen LogP contribution in [-0.4, -0.2) is 6.36 Å². The number of fused-ring (bicyclic) bond motifs is 1. The molecule has 0 saturated heterocycles. The molecule has 0 bridgehead atoms. The van der Waals surface area contributed by atoms with Crippen LogP contribution in [0.15, 0.2) is 35.9 Å². The van der Waals surface area contributed by atoms with Crippen molar-refractivity contribution in [3.63, 3.8) is 0 Å². The molecule has 0 amide bonds. The lowest BCUT2D eigenvalue weighted by Gasteiger charge is -2.19. The molecule has 0 atom stereocenters. The molecule has 0 fully saturated rings. The van der Waals surface area contributed by atoms with Crippen LogP contribution < -0.4 is 4.74 Å².